The van der Waals surface area contributed by atoms with Gasteiger partial charge < -0.3 is 14.2 Å². The van der Waals surface area contributed by atoms with E-state index in [1.54, 1.807) is 0 Å². The van der Waals surface area contributed by atoms with Crippen molar-refractivity contribution in [1.29, 1.82) is 0 Å². The molecule has 1 N–H and O–H groups in total. The largest absolute Gasteiger partial charge is 0.465 e. The molecule has 3 aliphatic carbocycles. The van der Waals surface area contributed by atoms with Gasteiger partial charge in [0.2, 0.25) is 0 Å². The maximum absolute atomic E-state index is 13.7. The number of alkyl halides is 6. The Hall–Kier alpha value is -1.12. The maximum Gasteiger partial charge on any atom is 0.465 e. The minimum absolute atomic E-state index is 0.00714. The minimum atomic E-state index is -6.10. The Bertz CT molecular complexity index is 810. The van der Waals surface area contributed by atoms with Crippen molar-refractivity contribution in [1.82, 2.24) is 0 Å². The van der Waals surface area contributed by atoms with E-state index in [2.05, 4.69) is 0 Å². The van der Waals surface area contributed by atoms with Crippen LogP contribution in [0.4, 0.5) is 26.3 Å². The zero-order chi connectivity index (χ0) is 21.0. The second-order valence-electron chi connectivity index (χ2n) is 7.66. The molecule has 1 spiro atoms. The molecule has 5 atom stereocenters. The van der Waals surface area contributed by atoms with Gasteiger partial charge in [-0.3, -0.25) is 4.55 Å². The predicted molar refractivity (Wildman–Crippen MR) is 74.5 cm³/mol. The van der Waals surface area contributed by atoms with Crippen LogP contribution in [0.5, 0.6) is 0 Å². The first kappa shape index (κ1) is 20.2. The van der Waals surface area contributed by atoms with Crippen molar-refractivity contribution in [3.63, 3.8) is 0 Å². The van der Waals surface area contributed by atoms with Crippen molar-refractivity contribution >= 4 is 16.1 Å². The van der Waals surface area contributed by atoms with Gasteiger partial charge in [0, 0.05) is 6.42 Å². The molecular formula is C14H14F6O7S. The molecule has 0 aromatic rings. The SMILES string of the molecule is O=C(OC12CC3CC4OCC(F)(F)C(F)(F)COC(C1)C342)C(F)(F)S(=O)(=O)O. The number of rotatable bonds is 3. The average Bonchev–Trinajstić information content (AvgIpc) is 2.53. The fourth-order valence-corrected chi connectivity index (χ4v) is 5.26. The van der Waals surface area contributed by atoms with Gasteiger partial charge in [0.1, 0.15) is 18.8 Å². The van der Waals surface area contributed by atoms with Gasteiger partial charge in [-0.25, -0.2) is 4.79 Å². The van der Waals surface area contributed by atoms with E-state index in [-0.39, 0.29) is 25.2 Å². The minimum Gasteiger partial charge on any atom is -0.453 e. The summed E-state index contributed by atoms with van der Waals surface area (Å²) in [6.07, 6.45) is -2.45. The van der Waals surface area contributed by atoms with Crippen LogP contribution in [0.3, 0.4) is 0 Å². The zero-order valence-corrected chi connectivity index (χ0v) is 14.7. The fraction of sp³-hybridized carbons (Fsp3) is 0.929. The summed E-state index contributed by atoms with van der Waals surface area (Å²) in [6, 6.07) is 0. The molecule has 1 saturated heterocycles. The van der Waals surface area contributed by atoms with Gasteiger partial charge in [-0.1, -0.05) is 0 Å². The van der Waals surface area contributed by atoms with Crippen molar-refractivity contribution < 1.29 is 58.3 Å². The van der Waals surface area contributed by atoms with Crippen LogP contribution in [-0.2, 0) is 29.1 Å². The van der Waals surface area contributed by atoms with Crippen LogP contribution in [0.25, 0.3) is 0 Å². The number of carbonyl (C=O) groups is 1. The third kappa shape index (κ3) is 2.17. The molecule has 14 heteroatoms. The molecule has 160 valence electrons. The Balaban J connectivity index is 1.60. The highest BCUT2D eigenvalue weighted by Gasteiger charge is 2.88. The third-order valence-corrected chi connectivity index (χ3v) is 7.25. The molecule has 5 unspecified atom stereocenters. The molecule has 0 aromatic heterocycles. The first-order chi connectivity index (χ1) is 12.6. The molecular weight excluding hydrogens is 426 g/mol. The summed E-state index contributed by atoms with van der Waals surface area (Å²) in [6.45, 7) is -3.28. The van der Waals surface area contributed by atoms with E-state index in [4.69, 9.17) is 18.8 Å². The summed E-state index contributed by atoms with van der Waals surface area (Å²) in [5.41, 5.74) is -3.10. The highest BCUT2D eigenvalue weighted by atomic mass is 32.2. The van der Waals surface area contributed by atoms with Crippen LogP contribution >= 0.6 is 0 Å². The summed E-state index contributed by atoms with van der Waals surface area (Å²) in [5, 5.41) is -5.24. The monoisotopic (exact) mass is 440 g/mol. The van der Waals surface area contributed by atoms with Crippen molar-refractivity contribution in [2.75, 3.05) is 13.2 Å². The number of ether oxygens (including phenoxy) is 3. The predicted octanol–water partition coefficient (Wildman–Crippen LogP) is 1.62. The lowest BCUT2D eigenvalue weighted by atomic mass is 9.28. The fourth-order valence-electron chi connectivity index (χ4n) is 5.01. The molecule has 4 fully saturated rings. The van der Waals surface area contributed by atoms with Crippen molar-refractivity contribution in [2.45, 2.75) is 54.2 Å². The first-order valence-corrected chi connectivity index (χ1v) is 9.62. The van der Waals surface area contributed by atoms with Gasteiger partial charge in [0.15, 0.2) is 0 Å². The molecule has 3 saturated carbocycles. The van der Waals surface area contributed by atoms with Crippen LogP contribution in [0.1, 0.15) is 19.3 Å². The molecule has 1 heterocycles. The maximum atomic E-state index is 13.7. The highest BCUT2D eigenvalue weighted by molar-refractivity contribution is 7.87. The quantitative estimate of drug-likeness (QED) is 0.405. The Morgan fingerprint density at radius 2 is 1.57 bits per heavy atom. The molecule has 4 rings (SSSR count). The van der Waals surface area contributed by atoms with Gasteiger partial charge in [-0.2, -0.15) is 34.8 Å². The summed E-state index contributed by atoms with van der Waals surface area (Å²) in [7, 11) is -6.10. The topological polar surface area (TPSA) is 99.1 Å². The van der Waals surface area contributed by atoms with Crippen molar-refractivity contribution in [3.05, 3.63) is 0 Å². The molecule has 4 aliphatic rings. The molecule has 28 heavy (non-hydrogen) atoms. The second-order valence-corrected chi connectivity index (χ2v) is 9.12. The molecule has 7 nitrogen and oxygen atoms in total. The van der Waals surface area contributed by atoms with Gasteiger partial charge >= 0.3 is 33.2 Å². The standard InChI is InChI=1S/C14H14F6O7S/c15-11(16)4-25-7-1-6-2-10(27-9(21)14(19,20)28(22,23)24)3-8(13(6,7)10)26-5-12(11,17)18/h6-8H,1-5H2,(H,22,23,24). The lowest BCUT2D eigenvalue weighted by molar-refractivity contribution is -0.427. The van der Waals surface area contributed by atoms with E-state index in [1.165, 1.54) is 0 Å². The van der Waals surface area contributed by atoms with Crippen LogP contribution in [0, 0.1) is 11.3 Å². The summed E-state index contributed by atoms with van der Waals surface area (Å²) in [4.78, 5) is 11.7. The van der Waals surface area contributed by atoms with Gasteiger partial charge in [-0.05, 0) is 18.8 Å². The number of hydrogen-bond donors (Lipinski definition) is 1. The van der Waals surface area contributed by atoms with Gasteiger partial charge in [0.25, 0.3) is 0 Å². The van der Waals surface area contributed by atoms with E-state index in [9.17, 15) is 39.6 Å². The van der Waals surface area contributed by atoms with Crippen LogP contribution in [0.2, 0.25) is 0 Å². The van der Waals surface area contributed by atoms with Crippen LogP contribution < -0.4 is 0 Å². The Morgan fingerprint density at radius 3 is 2.07 bits per heavy atom. The third-order valence-electron chi connectivity index (χ3n) is 6.44. The molecule has 1 aliphatic heterocycles. The van der Waals surface area contributed by atoms with E-state index >= 15 is 0 Å². The van der Waals surface area contributed by atoms with Crippen molar-refractivity contribution in [2.24, 2.45) is 11.3 Å². The first-order valence-electron chi connectivity index (χ1n) is 8.18. The van der Waals surface area contributed by atoms with E-state index in [0.29, 0.717) is 0 Å². The van der Waals surface area contributed by atoms with Crippen LogP contribution in [0.15, 0.2) is 0 Å². The van der Waals surface area contributed by atoms with E-state index in [1.807, 2.05) is 0 Å². The average molecular weight is 440 g/mol. The zero-order valence-electron chi connectivity index (χ0n) is 13.8. The van der Waals surface area contributed by atoms with E-state index in [0.717, 1.165) is 0 Å². The lowest BCUT2D eigenvalue weighted by Gasteiger charge is -2.81. The Kier molecular flexibility index (Phi) is 3.83. The summed E-state index contributed by atoms with van der Waals surface area (Å²) in [5.74, 6) is -12.0. The van der Waals surface area contributed by atoms with Gasteiger partial charge in [0.05, 0.1) is 17.6 Å². The Labute approximate surface area is 154 Å². The number of halogens is 6. The second kappa shape index (κ2) is 5.32. The smallest absolute Gasteiger partial charge is 0.453 e. The van der Waals surface area contributed by atoms with E-state index < -0.39 is 69.6 Å². The summed E-state index contributed by atoms with van der Waals surface area (Å²) >= 11 is 0. The van der Waals surface area contributed by atoms with Crippen LogP contribution in [-0.4, -0.2) is 67.1 Å². The number of esters is 1. The lowest BCUT2D eigenvalue weighted by Crippen LogP contribution is -2.89. The molecule has 0 radical (unpaired) electrons. The van der Waals surface area contributed by atoms with Crippen molar-refractivity contribution in [3.8, 4) is 0 Å². The normalized spacial score (nSPS) is 43.5. The number of hydrogen-bond acceptors (Lipinski definition) is 6. The molecule has 0 bridgehead atoms. The molecule has 0 amide bonds. The highest BCUT2D eigenvalue weighted by Crippen LogP contribution is 2.79. The number of carbonyl (C=O) groups excluding carboxylic acids is 1. The Morgan fingerprint density at radius 1 is 1.04 bits per heavy atom. The summed E-state index contributed by atoms with van der Waals surface area (Å²) < 4.78 is 126. The van der Waals surface area contributed by atoms with Gasteiger partial charge in [-0.15, -0.1) is 0 Å². The molecule has 0 aromatic carbocycles.